The van der Waals surface area contributed by atoms with Crippen LogP contribution in [0.15, 0.2) is 70.9 Å². The first-order valence-electron chi connectivity index (χ1n) is 11.6. The van der Waals surface area contributed by atoms with Gasteiger partial charge in [-0.15, -0.1) is 11.3 Å². The van der Waals surface area contributed by atoms with Gasteiger partial charge in [-0.25, -0.2) is 13.4 Å². The Morgan fingerprint density at radius 2 is 1.78 bits per heavy atom. The van der Waals surface area contributed by atoms with Crippen molar-refractivity contribution in [3.8, 4) is 11.3 Å². The van der Waals surface area contributed by atoms with E-state index in [1.807, 2.05) is 54.7 Å². The molecule has 0 aliphatic carbocycles. The largest absolute Gasteiger partial charge is 0.377 e. The number of carbonyl (C=O) groups excluding carboxylic acids is 1. The molecule has 4 aromatic rings. The second kappa shape index (κ2) is 11.1. The van der Waals surface area contributed by atoms with Crippen LogP contribution in [-0.2, 0) is 14.8 Å². The van der Waals surface area contributed by atoms with Gasteiger partial charge in [0.05, 0.1) is 10.6 Å². The molecule has 1 amide bonds. The highest BCUT2D eigenvalue weighted by molar-refractivity contribution is 7.93. The fraction of sp³-hybridized carbons (Fsp3) is 0.231. The van der Waals surface area contributed by atoms with Crippen LogP contribution < -0.4 is 20.7 Å². The minimum absolute atomic E-state index is 0.0987. The molecule has 10 heteroatoms. The predicted octanol–water partition coefficient (Wildman–Crippen LogP) is 4.90. The Balaban J connectivity index is 1.55. The number of fused-ring (bicyclic) bond motifs is 1. The van der Waals surface area contributed by atoms with E-state index in [0.29, 0.717) is 34.9 Å². The summed E-state index contributed by atoms with van der Waals surface area (Å²) in [7, 11) is -0.000441. The summed E-state index contributed by atoms with van der Waals surface area (Å²) in [6.45, 7) is 0.562. The first-order chi connectivity index (χ1) is 17.3. The lowest BCUT2D eigenvalue weighted by Gasteiger charge is -2.17. The lowest BCUT2D eigenvalue weighted by molar-refractivity contribution is -0.116. The van der Waals surface area contributed by atoms with Crippen LogP contribution in [0.2, 0.25) is 0 Å². The third kappa shape index (κ3) is 5.84. The minimum Gasteiger partial charge on any atom is -0.377 e. The van der Waals surface area contributed by atoms with E-state index in [2.05, 4.69) is 15.0 Å². The molecule has 4 N–H and O–H groups in total. The van der Waals surface area contributed by atoms with Gasteiger partial charge in [-0.05, 0) is 43.7 Å². The summed E-state index contributed by atoms with van der Waals surface area (Å²) in [6, 6.07) is 18.0. The molecule has 0 saturated heterocycles. The molecule has 3 aromatic carbocycles. The second-order valence-electron chi connectivity index (χ2n) is 8.54. The van der Waals surface area contributed by atoms with E-state index in [9.17, 15) is 13.2 Å². The normalized spacial score (nSPS) is 11.4. The molecule has 1 aromatic heterocycles. The Morgan fingerprint density at radius 1 is 1.03 bits per heavy atom. The summed E-state index contributed by atoms with van der Waals surface area (Å²) < 4.78 is 29.5. The molecule has 0 atom stereocenters. The SMILES string of the molecule is CN(C)c1cccc2c(S(=O)(=O)Nc3cccc(-c4csc(NC(=O)CCCCN)n4)c3)cccc12. The molecule has 0 bridgehead atoms. The Bertz CT molecular complexity index is 1480. The zero-order chi connectivity index (χ0) is 25.7. The minimum atomic E-state index is -3.86. The van der Waals surface area contributed by atoms with Crippen LogP contribution in [0.4, 0.5) is 16.5 Å². The number of aromatic nitrogens is 1. The third-order valence-electron chi connectivity index (χ3n) is 5.65. The molecule has 0 spiro atoms. The van der Waals surface area contributed by atoms with Crippen molar-refractivity contribution in [3.05, 3.63) is 66.0 Å². The van der Waals surface area contributed by atoms with Gasteiger partial charge in [0.1, 0.15) is 0 Å². The van der Waals surface area contributed by atoms with E-state index in [-0.39, 0.29) is 10.8 Å². The standard InChI is InChI=1S/C26H29N5O3S2/c1-31(2)23-12-6-11-21-20(23)10-7-13-24(21)36(33,34)30-19-9-5-8-18(16-19)22-17-35-26(28-22)29-25(32)14-3-4-15-27/h5-13,16-17,30H,3-4,14-15,27H2,1-2H3,(H,28,29,32). The molecule has 0 saturated carbocycles. The molecule has 188 valence electrons. The van der Waals surface area contributed by atoms with Crippen LogP contribution in [0, 0.1) is 0 Å². The van der Waals surface area contributed by atoms with Crippen molar-refractivity contribution in [1.29, 1.82) is 0 Å². The summed E-state index contributed by atoms with van der Waals surface area (Å²) in [4.78, 5) is 18.7. The number of thiazole rings is 1. The van der Waals surface area contributed by atoms with Crippen molar-refractivity contribution < 1.29 is 13.2 Å². The Labute approximate surface area is 215 Å². The molecule has 0 fully saturated rings. The fourth-order valence-electron chi connectivity index (χ4n) is 3.92. The van der Waals surface area contributed by atoms with Gasteiger partial charge < -0.3 is 16.0 Å². The highest BCUT2D eigenvalue weighted by atomic mass is 32.2. The van der Waals surface area contributed by atoms with Crippen LogP contribution in [0.3, 0.4) is 0 Å². The zero-order valence-corrected chi connectivity index (χ0v) is 21.8. The molecular formula is C26H29N5O3S2. The molecule has 0 aliphatic rings. The number of carbonyl (C=O) groups is 1. The number of nitrogens with zero attached hydrogens (tertiary/aromatic N) is 2. The molecule has 0 aliphatic heterocycles. The van der Waals surface area contributed by atoms with Crippen molar-refractivity contribution in [3.63, 3.8) is 0 Å². The third-order valence-corrected chi connectivity index (χ3v) is 7.85. The first kappa shape index (κ1) is 25.6. The van der Waals surface area contributed by atoms with Crippen LogP contribution >= 0.6 is 11.3 Å². The number of rotatable bonds is 10. The Morgan fingerprint density at radius 3 is 2.56 bits per heavy atom. The highest BCUT2D eigenvalue weighted by Gasteiger charge is 2.19. The number of nitrogens with one attached hydrogen (secondary N) is 2. The number of hydrogen-bond donors (Lipinski definition) is 3. The van der Waals surface area contributed by atoms with Crippen molar-refractivity contribution in [2.24, 2.45) is 5.73 Å². The topological polar surface area (TPSA) is 117 Å². The van der Waals surface area contributed by atoms with Gasteiger partial charge in [0.25, 0.3) is 10.0 Å². The second-order valence-corrected chi connectivity index (χ2v) is 11.0. The summed E-state index contributed by atoms with van der Waals surface area (Å²) in [5, 5.41) is 6.65. The average Bonchev–Trinajstić information content (AvgIpc) is 3.31. The number of anilines is 3. The smallest absolute Gasteiger partial charge is 0.262 e. The Hall–Kier alpha value is -3.47. The van der Waals surface area contributed by atoms with Crippen molar-refractivity contribution >= 4 is 54.5 Å². The first-order valence-corrected chi connectivity index (χ1v) is 13.9. The van der Waals surface area contributed by atoms with Crippen molar-refractivity contribution in [1.82, 2.24) is 4.98 Å². The van der Waals surface area contributed by atoms with Crippen LogP contribution in [0.25, 0.3) is 22.0 Å². The van der Waals surface area contributed by atoms with Crippen molar-refractivity contribution in [2.75, 3.05) is 35.6 Å². The summed E-state index contributed by atoms with van der Waals surface area (Å²) in [5.41, 5.74) is 8.23. The maximum atomic E-state index is 13.4. The number of unbranched alkanes of at least 4 members (excludes halogenated alkanes) is 1. The van der Waals surface area contributed by atoms with Crippen LogP contribution in [-0.4, -0.2) is 39.9 Å². The van der Waals surface area contributed by atoms with Crippen molar-refractivity contribution in [2.45, 2.75) is 24.2 Å². The number of amides is 1. The average molecular weight is 524 g/mol. The molecule has 0 unspecified atom stereocenters. The lowest BCUT2D eigenvalue weighted by atomic mass is 10.1. The van der Waals surface area contributed by atoms with E-state index in [4.69, 9.17) is 5.73 Å². The summed E-state index contributed by atoms with van der Waals surface area (Å²) in [5.74, 6) is -0.0987. The monoisotopic (exact) mass is 523 g/mol. The van der Waals surface area contributed by atoms with Gasteiger partial charge in [0.2, 0.25) is 5.91 Å². The summed E-state index contributed by atoms with van der Waals surface area (Å²) >= 11 is 1.32. The van der Waals surface area contributed by atoms with Gasteiger partial charge in [-0.3, -0.25) is 9.52 Å². The Kier molecular flexibility index (Phi) is 7.88. The van der Waals surface area contributed by atoms with Crippen LogP contribution in [0.5, 0.6) is 0 Å². The number of nitrogens with two attached hydrogens (primary N) is 1. The lowest BCUT2D eigenvalue weighted by Crippen LogP contribution is -2.14. The van der Waals surface area contributed by atoms with E-state index < -0.39 is 10.0 Å². The van der Waals surface area contributed by atoms with Gasteiger partial charge in [0, 0.05) is 53.6 Å². The maximum absolute atomic E-state index is 13.4. The van der Waals surface area contributed by atoms with E-state index in [0.717, 1.165) is 29.5 Å². The highest BCUT2D eigenvalue weighted by Crippen LogP contribution is 2.32. The van der Waals surface area contributed by atoms with Crippen LogP contribution in [0.1, 0.15) is 19.3 Å². The summed E-state index contributed by atoms with van der Waals surface area (Å²) in [6.07, 6.45) is 1.93. The number of hydrogen-bond acceptors (Lipinski definition) is 7. The molecule has 1 heterocycles. The predicted molar refractivity (Wildman–Crippen MR) is 148 cm³/mol. The van der Waals surface area contributed by atoms with E-state index >= 15 is 0 Å². The van der Waals surface area contributed by atoms with E-state index in [1.54, 1.807) is 30.3 Å². The van der Waals surface area contributed by atoms with Gasteiger partial charge >= 0.3 is 0 Å². The van der Waals surface area contributed by atoms with Gasteiger partial charge in [0.15, 0.2) is 5.13 Å². The van der Waals surface area contributed by atoms with E-state index in [1.165, 1.54) is 11.3 Å². The number of sulfonamides is 1. The van der Waals surface area contributed by atoms with Gasteiger partial charge in [-0.2, -0.15) is 0 Å². The fourth-order valence-corrected chi connectivity index (χ4v) is 5.92. The molecule has 8 nitrogen and oxygen atoms in total. The molecule has 4 rings (SSSR count). The zero-order valence-electron chi connectivity index (χ0n) is 20.2. The molecular weight excluding hydrogens is 494 g/mol. The number of benzene rings is 3. The maximum Gasteiger partial charge on any atom is 0.262 e. The quantitative estimate of drug-likeness (QED) is 0.255. The molecule has 36 heavy (non-hydrogen) atoms. The molecule has 0 radical (unpaired) electrons. The van der Waals surface area contributed by atoms with Gasteiger partial charge in [-0.1, -0.05) is 36.4 Å².